The van der Waals surface area contributed by atoms with Crippen molar-refractivity contribution in [3.8, 4) is 43.1 Å². The molecule has 1 nitrogen and oxygen atoms in total. The molecule has 0 fully saturated rings. The molecule has 4 heteroatoms. The number of thiophene rings is 3. The molecule has 1 spiro atoms. The van der Waals surface area contributed by atoms with Crippen molar-refractivity contribution < 1.29 is 0 Å². The van der Waals surface area contributed by atoms with Gasteiger partial charge >= 0.3 is 0 Å². The van der Waals surface area contributed by atoms with Crippen molar-refractivity contribution in [3.63, 3.8) is 0 Å². The molecule has 4 heterocycles. The van der Waals surface area contributed by atoms with Crippen LogP contribution in [0.1, 0.15) is 33.4 Å². The Balaban J connectivity index is 1.18. The van der Waals surface area contributed by atoms with Gasteiger partial charge in [0.15, 0.2) is 0 Å². The predicted octanol–water partition coefficient (Wildman–Crippen LogP) is 15.9. The average molecular weight is 782 g/mol. The molecular formula is C53H35NS3. The maximum absolute atomic E-state index is 2.61. The summed E-state index contributed by atoms with van der Waals surface area (Å²) in [4.78, 5) is 5.42. The van der Waals surface area contributed by atoms with Crippen LogP contribution in [-0.4, -0.2) is 0 Å². The summed E-state index contributed by atoms with van der Waals surface area (Å²) >= 11 is 5.69. The summed E-state index contributed by atoms with van der Waals surface area (Å²) in [6.07, 6.45) is 0. The van der Waals surface area contributed by atoms with Crippen molar-refractivity contribution in [3.05, 3.63) is 208 Å². The summed E-state index contributed by atoms with van der Waals surface area (Å²) < 4.78 is 2.64. The van der Waals surface area contributed by atoms with Crippen molar-refractivity contribution >= 4 is 71.2 Å². The summed E-state index contributed by atoms with van der Waals surface area (Å²) in [6, 6.07) is 61.8. The first-order valence-electron chi connectivity index (χ1n) is 19.5. The second-order valence-corrected chi connectivity index (χ2v) is 18.3. The molecule has 0 saturated carbocycles. The van der Waals surface area contributed by atoms with Crippen LogP contribution in [0.3, 0.4) is 0 Å². The molecule has 270 valence electrons. The average Bonchev–Trinajstić information content (AvgIpc) is 4.05. The maximum atomic E-state index is 2.61. The predicted molar refractivity (Wildman–Crippen MR) is 246 cm³/mol. The monoisotopic (exact) mass is 781 g/mol. The van der Waals surface area contributed by atoms with Crippen LogP contribution in [0.5, 0.6) is 0 Å². The second kappa shape index (κ2) is 12.5. The molecule has 3 aromatic heterocycles. The molecule has 7 aromatic carbocycles. The largest absolute Gasteiger partial charge is 0.308 e. The van der Waals surface area contributed by atoms with Crippen molar-refractivity contribution in [2.24, 2.45) is 0 Å². The van der Waals surface area contributed by atoms with Gasteiger partial charge in [-0.25, -0.2) is 0 Å². The van der Waals surface area contributed by atoms with Crippen molar-refractivity contribution in [2.45, 2.75) is 19.3 Å². The van der Waals surface area contributed by atoms with E-state index in [2.05, 4.69) is 193 Å². The first-order valence-corrected chi connectivity index (χ1v) is 22.0. The van der Waals surface area contributed by atoms with Gasteiger partial charge in [0.25, 0.3) is 0 Å². The van der Waals surface area contributed by atoms with Crippen LogP contribution in [0.15, 0.2) is 175 Å². The summed E-state index contributed by atoms with van der Waals surface area (Å²) in [5.74, 6) is 0. The van der Waals surface area contributed by atoms with Crippen molar-refractivity contribution in [1.29, 1.82) is 0 Å². The van der Waals surface area contributed by atoms with Gasteiger partial charge in [-0.3, -0.25) is 0 Å². The summed E-state index contributed by atoms with van der Waals surface area (Å²) in [6.45, 7) is 4.41. The Bertz CT molecular complexity index is 3170. The van der Waals surface area contributed by atoms with E-state index in [4.69, 9.17) is 0 Å². The Kier molecular flexibility index (Phi) is 7.25. The lowest BCUT2D eigenvalue weighted by molar-refractivity contribution is 0.758. The Hall–Kier alpha value is -6.04. The molecular weight excluding hydrogens is 747 g/mol. The molecule has 0 bridgehead atoms. The Morgan fingerprint density at radius 3 is 1.84 bits per heavy atom. The molecule has 0 amide bonds. The number of fused-ring (bicyclic) bond motifs is 13. The van der Waals surface area contributed by atoms with Crippen LogP contribution in [0.4, 0.5) is 17.1 Å². The minimum atomic E-state index is -0.446. The minimum Gasteiger partial charge on any atom is -0.308 e. The van der Waals surface area contributed by atoms with E-state index < -0.39 is 5.41 Å². The zero-order valence-electron chi connectivity index (χ0n) is 31.4. The van der Waals surface area contributed by atoms with Crippen LogP contribution in [0.2, 0.25) is 0 Å². The quantitative estimate of drug-likeness (QED) is 0.172. The van der Waals surface area contributed by atoms with E-state index in [1.54, 1.807) is 0 Å². The minimum absolute atomic E-state index is 0.446. The van der Waals surface area contributed by atoms with Gasteiger partial charge in [0.2, 0.25) is 0 Å². The second-order valence-electron chi connectivity index (χ2n) is 15.5. The molecule has 10 aromatic rings. The molecule has 12 rings (SSSR count). The van der Waals surface area contributed by atoms with Crippen LogP contribution >= 0.6 is 34.0 Å². The number of nitrogens with zero attached hydrogens (tertiary/aromatic N) is 1. The van der Waals surface area contributed by atoms with Crippen molar-refractivity contribution in [1.82, 2.24) is 0 Å². The van der Waals surface area contributed by atoms with Gasteiger partial charge in [-0.05, 0) is 123 Å². The third-order valence-corrected chi connectivity index (χ3v) is 15.3. The molecule has 1 aliphatic heterocycles. The fraction of sp³-hybridized carbons (Fsp3) is 0.0566. The fourth-order valence-corrected chi connectivity index (χ4v) is 13.1. The topological polar surface area (TPSA) is 3.24 Å². The summed E-state index contributed by atoms with van der Waals surface area (Å²) in [5, 5.41) is 7.23. The molecule has 1 aliphatic carbocycles. The lowest BCUT2D eigenvalue weighted by atomic mass is 9.65. The first kappa shape index (κ1) is 33.1. The van der Waals surface area contributed by atoms with E-state index in [1.807, 2.05) is 34.0 Å². The highest BCUT2D eigenvalue weighted by Gasteiger charge is 2.53. The Labute approximate surface area is 344 Å². The molecule has 0 unspecified atom stereocenters. The first-order chi connectivity index (χ1) is 28.1. The van der Waals surface area contributed by atoms with Gasteiger partial charge in [-0.15, -0.1) is 34.0 Å². The summed E-state index contributed by atoms with van der Waals surface area (Å²) in [7, 11) is 0. The Morgan fingerprint density at radius 2 is 1.07 bits per heavy atom. The molecule has 0 radical (unpaired) electrons. The number of hydrogen-bond acceptors (Lipinski definition) is 4. The van der Waals surface area contributed by atoms with Gasteiger partial charge < -0.3 is 4.90 Å². The smallest absolute Gasteiger partial charge is 0.0771 e. The van der Waals surface area contributed by atoms with Gasteiger partial charge in [-0.1, -0.05) is 132 Å². The normalized spacial score (nSPS) is 13.5. The molecule has 57 heavy (non-hydrogen) atoms. The number of aryl methyl sites for hydroxylation is 2. The number of rotatable bonds is 4. The SMILES string of the molecule is Cc1cc(C)cc(-c2ccc3c(c2)N(c2cccc(-c4cccc(-c5ccccc5)c4)c2)c2c(ccc4c2sc2ccccc24)C32c3ccsc3-c3sccc32)c1. The Morgan fingerprint density at radius 1 is 0.439 bits per heavy atom. The highest BCUT2D eigenvalue weighted by Crippen LogP contribution is 2.67. The fourth-order valence-electron chi connectivity index (χ4n) is 9.81. The third kappa shape index (κ3) is 4.79. The zero-order valence-corrected chi connectivity index (χ0v) is 33.9. The molecule has 0 N–H and O–H groups in total. The van der Waals surface area contributed by atoms with E-state index in [9.17, 15) is 0 Å². The molecule has 0 atom stereocenters. The number of hydrogen-bond donors (Lipinski definition) is 0. The molecule has 0 saturated heterocycles. The third-order valence-electron chi connectivity index (χ3n) is 12.1. The zero-order chi connectivity index (χ0) is 37.8. The number of anilines is 3. The van der Waals surface area contributed by atoms with E-state index in [0.717, 1.165) is 5.69 Å². The lowest BCUT2D eigenvalue weighted by Crippen LogP contribution is -2.36. The lowest BCUT2D eigenvalue weighted by Gasteiger charge is -2.45. The van der Waals surface area contributed by atoms with Crippen LogP contribution < -0.4 is 4.90 Å². The van der Waals surface area contributed by atoms with Gasteiger partial charge in [0, 0.05) is 30.9 Å². The van der Waals surface area contributed by atoms with Gasteiger partial charge in [0.05, 0.1) is 21.5 Å². The number of benzene rings is 7. The van der Waals surface area contributed by atoms with Crippen LogP contribution in [0, 0.1) is 13.8 Å². The summed E-state index contributed by atoms with van der Waals surface area (Å²) in [5.41, 5.74) is 18.6. The maximum Gasteiger partial charge on any atom is 0.0771 e. The highest BCUT2D eigenvalue weighted by atomic mass is 32.1. The van der Waals surface area contributed by atoms with E-state index in [1.165, 1.54) is 108 Å². The molecule has 2 aliphatic rings. The van der Waals surface area contributed by atoms with Gasteiger partial charge in [0.1, 0.15) is 0 Å². The van der Waals surface area contributed by atoms with Gasteiger partial charge in [-0.2, -0.15) is 0 Å². The van der Waals surface area contributed by atoms with E-state index >= 15 is 0 Å². The highest BCUT2D eigenvalue weighted by molar-refractivity contribution is 7.26. The van der Waals surface area contributed by atoms with E-state index in [0.29, 0.717) is 0 Å². The van der Waals surface area contributed by atoms with Crippen LogP contribution in [0.25, 0.3) is 63.3 Å². The van der Waals surface area contributed by atoms with Crippen LogP contribution in [-0.2, 0) is 5.41 Å². The standard InChI is InChI=1S/C53H35NS3/c1-32-26-33(2)28-39(27-32)38-18-20-43-47(31-38)54(40-15-9-14-37(30-40)36-13-8-12-35(29-36)34-10-4-3-5-11-34)49-44(21-19-42-41-16-6-7-17-48(41)57-50(42)49)53(43)45-22-24-55-51(45)52-46(53)23-25-56-52/h3-31H,1-2H3. The van der Waals surface area contributed by atoms with E-state index in [-0.39, 0.29) is 0 Å². The van der Waals surface area contributed by atoms with Crippen molar-refractivity contribution in [2.75, 3.05) is 4.90 Å².